The van der Waals surface area contributed by atoms with E-state index in [1.807, 2.05) is 6.07 Å². The van der Waals surface area contributed by atoms with Gasteiger partial charge in [-0.05, 0) is 23.6 Å². The van der Waals surface area contributed by atoms with Crippen LogP contribution in [0.2, 0.25) is 0 Å². The minimum atomic E-state index is -1.09. The molecular formula is C14H9N3O3S. The maximum absolute atomic E-state index is 12.1. The molecular weight excluding hydrogens is 290 g/mol. The SMILES string of the molecule is O=C(Nc1sccc1C(=O)O)c1cnc2ccccc2n1. The number of hydrogen-bond acceptors (Lipinski definition) is 5. The molecule has 0 unspecified atom stereocenters. The van der Waals surface area contributed by atoms with Gasteiger partial charge < -0.3 is 10.4 Å². The molecule has 2 heterocycles. The third-order valence-corrected chi connectivity index (χ3v) is 3.63. The number of carboxylic acid groups (broad SMARTS) is 1. The van der Waals surface area contributed by atoms with E-state index in [1.165, 1.54) is 12.3 Å². The van der Waals surface area contributed by atoms with E-state index in [-0.39, 0.29) is 16.3 Å². The Balaban J connectivity index is 1.90. The molecule has 21 heavy (non-hydrogen) atoms. The Labute approximate surface area is 123 Å². The zero-order valence-electron chi connectivity index (χ0n) is 10.6. The summed E-state index contributed by atoms with van der Waals surface area (Å²) >= 11 is 1.14. The fourth-order valence-corrected chi connectivity index (χ4v) is 2.58. The Morgan fingerprint density at radius 2 is 1.90 bits per heavy atom. The number of aromatic nitrogens is 2. The monoisotopic (exact) mass is 299 g/mol. The lowest BCUT2D eigenvalue weighted by Crippen LogP contribution is -2.15. The molecule has 0 aliphatic carbocycles. The third-order valence-electron chi connectivity index (χ3n) is 2.80. The minimum absolute atomic E-state index is 0.0575. The molecule has 2 aromatic heterocycles. The Morgan fingerprint density at radius 3 is 2.67 bits per heavy atom. The van der Waals surface area contributed by atoms with Gasteiger partial charge in [-0.1, -0.05) is 12.1 Å². The summed E-state index contributed by atoms with van der Waals surface area (Å²) in [6, 6.07) is 8.63. The first-order valence-electron chi connectivity index (χ1n) is 5.99. The van der Waals surface area contributed by atoms with E-state index in [9.17, 15) is 9.59 Å². The number of carbonyl (C=O) groups is 2. The summed E-state index contributed by atoms with van der Waals surface area (Å²) in [5.41, 5.74) is 1.49. The first-order chi connectivity index (χ1) is 10.1. The smallest absolute Gasteiger partial charge is 0.338 e. The van der Waals surface area contributed by atoms with Gasteiger partial charge >= 0.3 is 5.97 Å². The molecule has 0 aliphatic rings. The average molecular weight is 299 g/mol. The number of aromatic carboxylic acids is 1. The number of para-hydroxylation sites is 2. The lowest BCUT2D eigenvalue weighted by molar-refractivity contribution is 0.0698. The summed E-state index contributed by atoms with van der Waals surface area (Å²) in [5, 5.41) is 13.4. The molecule has 0 aliphatic heterocycles. The molecule has 1 aromatic carbocycles. The van der Waals surface area contributed by atoms with Crippen LogP contribution in [0.1, 0.15) is 20.8 Å². The Morgan fingerprint density at radius 1 is 1.14 bits per heavy atom. The number of fused-ring (bicyclic) bond motifs is 1. The van der Waals surface area contributed by atoms with Gasteiger partial charge in [0.2, 0.25) is 0 Å². The molecule has 7 heteroatoms. The first kappa shape index (κ1) is 13.2. The fourth-order valence-electron chi connectivity index (χ4n) is 1.81. The van der Waals surface area contributed by atoms with Crippen LogP contribution in [-0.2, 0) is 0 Å². The Hall–Kier alpha value is -2.80. The van der Waals surface area contributed by atoms with Gasteiger partial charge in [0.05, 0.1) is 22.8 Å². The number of anilines is 1. The third kappa shape index (κ3) is 2.59. The zero-order valence-corrected chi connectivity index (χ0v) is 11.4. The van der Waals surface area contributed by atoms with Crippen molar-refractivity contribution in [3.63, 3.8) is 0 Å². The van der Waals surface area contributed by atoms with Crippen molar-refractivity contribution in [2.45, 2.75) is 0 Å². The molecule has 0 atom stereocenters. The highest BCUT2D eigenvalue weighted by molar-refractivity contribution is 7.14. The number of hydrogen-bond donors (Lipinski definition) is 2. The molecule has 2 N–H and O–H groups in total. The quantitative estimate of drug-likeness (QED) is 0.775. The first-order valence-corrected chi connectivity index (χ1v) is 6.87. The second kappa shape index (κ2) is 5.29. The maximum atomic E-state index is 12.1. The van der Waals surface area contributed by atoms with E-state index in [4.69, 9.17) is 5.11 Å². The van der Waals surface area contributed by atoms with Crippen molar-refractivity contribution in [3.8, 4) is 0 Å². The van der Waals surface area contributed by atoms with E-state index in [1.54, 1.807) is 23.6 Å². The molecule has 3 rings (SSSR count). The van der Waals surface area contributed by atoms with E-state index in [0.29, 0.717) is 11.0 Å². The van der Waals surface area contributed by atoms with E-state index < -0.39 is 11.9 Å². The molecule has 0 bridgehead atoms. The van der Waals surface area contributed by atoms with Crippen LogP contribution in [0.25, 0.3) is 11.0 Å². The van der Waals surface area contributed by atoms with E-state index in [2.05, 4.69) is 15.3 Å². The van der Waals surface area contributed by atoms with Crippen molar-refractivity contribution in [2.75, 3.05) is 5.32 Å². The van der Waals surface area contributed by atoms with Gasteiger partial charge in [0.1, 0.15) is 10.7 Å². The second-order valence-corrected chi connectivity index (χ2v) is 5.08. The summed E-state index contributed by atoms with van der Waals surface area (Å²) in [7, 11) is 0. The average Bonchev–Trinajstić information content (AvgIpc) is 2.95. The second-order valence-electron chi connectivity index (χ2n) is 4.17. The summed E-state index contributed by atoms with van der Waals surface area (Å²) in [4.78, 5) is 31.5. The lowest BCUT2D eigenvalue weighted by Gasteiger charge is -2.04. The van der Waals surface area contributed by atoms with Crippen molar-refractivity contribution in [1.82, 2.24) is 9.97 Å². The van der Waals surface area contributed by atoms with Crippen LogP contribution in [0.3, 0.4) is 0 Å². The molecule has 3 aromatic rings. The molecule has 0 spiro atoms. The van der Waals surface area contributed by atoms with Crippen molar-refractivity contribution >= 4 is 39.2 Å². The standard InChI is InChI=1S/C14H9N3O3S/c18-12(17-13-8(14(19)20)5-6-21-13)11-7-15-9-3-1-2-4-10(9)16-11/h1-7H,(H,17,18)(H,19,20). The number of benzene rings is 1. The largest absolute Gasteiger partial charge is 0.478 e. The Kier molecular flexibility index (Phi) is 3.33. The highest BCUT2D eigenvalue weighted by Crippen LogP contribution is 2.23. The van der Waals surface area contributed by atoms with Crippen LogP contribution < -0.4 is 5.32 Å². The summed E-state index contributed by atoms with van der Waals surface area (Å²) in [6.07, 6.45) is 1.37. The number of thiophene rings is 1. The highest BCUT2D eigenvalue weighted by atomic mass is 32.1. The maximum Gasteiger partial charge on any atom is 0.338 e. The Bertz CT molecular complexity index is 844. The van der Waals surface area contributed by atoms with Crippen LogP contribution in [0.4, 0.5) is 5.00 Å². The molecule has 6 nitrogen and oxygen atoms in total. The van der Waals surface area contributed by atoms with Gasteiger partial charge in [-0.25, -0.2) is 9.78 Å². The number of carboxylic acids is 1. The minimum Gasteiger partial charge on any atom is -0.478 e. The molecule has 0 saturated heterocycles. The highest BCUT2D eigenvalue weighted by Gasteiger charge is 2.16. The topological polar surface area (TPSA) is 92.2 Å². The van der Waals surface area contributed by atoms with Gasteiger partial charge in [-0.15, -0.1) is 11.3 Å². The fraction of sp³-hybridized carbons (Fsp3) is 0. The van der Waals surface area contributed by atoms with Gasteiger partial charge in [-0.2, -0.15) is 0 Å². The molecule has 0 saturated carbocycles. The molecule has 0 radical (unpaired) electrons. The number of nitrogens with one attached hydrogen (secondary N) is 1. The van der Waals surface area contributed by atoms with E-state index in [0.717, 1.165) is 11.3 Å². The van der Waals surface area contributed by atoms with Crippen molar-refractivity contribution in [1.29, 1.82) is 0 Å². The lowest BCUT2D eigenvalue weighted by atomic mass is 10.3. The van der Waals surface area contributed by atoms with E-state index >= 15 is 0 Å². The number of amides is 1. The molecule has 1 amide bonds. The van der Waals surface area contributed by atoms with Gasteiger partial charge in [-0.3, -0.25) is 9.78 Å². The summed E-state index contributed by atoms with van der Waals surface area (Å²) in [6.45, 7) is 0. The molecule has 104 valence electrons. The van der Waals surface area contributed by atoms with Crippen LogP contribution in [-0.4, -0.2) is 27.0 Å². The van der Waals surface area contributed by atoms with Crippen LogP contribution in [0.15, 0.2) is 41.9 Å². The van der Waals surface area contributed by atoms with Crippen LogP contribution in [0, 0.1) is 0 Å². The van der Waals surface area contributed by atoms with Gasteiger partial charge in [0.25, 0.3) is 5.91 Å². The normalized spacial score (nSPS) is 10.5. The number of nitrogens with zero attached hydrogens (tertiary/aromatic N) is 2. The predicted octanol–water partition coefficient (Wildman–Crippen LogP) is 2.64. The number of rotatable bonds is 3. The predicted molar refractivity (Wildman–Crippen MR) is 78.8 cm³/mol. The van der Waals surface area contributed by atoms with Crippen molar-refractivity contribution < 1.29 is 14.7 Å². The summed E-state index contributed by atoms with van der Waals surface area (Å²) in [5.74, 6) is -1.57. The van der Waals surface area contributed by atoms with Crippen molar-refractivity contribution in [2.24, 2.45) is 0 Å². The van der Waals surface area contributed by atoms with Crippen molar-refractivity contribution in [3.05, 3.63) is 53.2 Å². The van der Waals surface area contributed by atoms with Gasteiger partial charge in [0, 0.05) is 0 Å². The summed E-state index contributed by atoms with van der Waals surface area (Å²) < 4.78 is 0. The van der Waals surface area contributed by atoms with Gasteiger partial charge in [0.15, 0.2) is 0 Å². The number of carbonyl (C=O) groups excluding carboxylic acids is 1. The molecule has 0 fully saturated rings. The van der Waals surface area contributed by atoms with Crippen LogP contribution in [0.5, 0.6) is 0 Å². The zero-order chi connectivity index (χ0) is 14.8. The van der Waals surface area contributed by atoms with Crippen LogP contribution >= 0.6 is 11.3 Å².